The van der Waals surface area contributed by atoms with E-state index in [4.69, 9.17) is 4.74 Å². The fourth-order valence-corrected chi connectivity index (χ4v) is 1.56. The SMILES string of the molecule is O=C(CCOCC(F)(F)F)C1CCCOC1. The molecule has 0 bridgehead atoms. The number of carbonyl (C=O) groups is 1. The van der Waals surface area contributed by atoms with Gasteiger partial charge in [-0.05, 0) is 12.8 Å². The average Bonchev–Trinajstić information content (AvgIpc) is 2.24. The van der Waals surface area contributed by atoms with Crippen LogP contribution in [0.25, 0.3) is 0 Å². The lowest BCUT2D eigenvalue weighted by Gasteiger charge is -2.20. The zero-order valence-electron chi connectivity index (χ0n) is 8.89. The van der Waals surface area contributed by atoms with Gasteiger partial charge >= 0.3 is 6.18 Å². The van der Waals surface area contributed by atoms with Crippen molar-refractivity contribution in [2.75, 3.05) is 26.4 Å². The Bertz CT molecular complexity index is 222. The van der Waals surface area contributed by atoms with Crippen LogP contribution < -0.4 is 0 Å². The second-order valence-electron chi connectivity index (χ2n) is 3.80. The van der Waals surface area contributed by atoms with Crippen molar-refractivity contribution in [3.05, 3.63) is 0 Å². The van der Waals surface area contributed by atoms with Crippen molar-refractivity contribution < 1.29 is 27.4 Å². The van der Waals surface area contributed by atoms with Crippen LogP contribution in [0, 0.1) is 5.92 Å². The molecule has 16 heavy (non-hydrogen) atoms. The third kappa shape index (κ3) is 5.46. The first kappa shape index (κ1) is 13.4. The molecule has 1 aliphatic rings. The van der Waals surface area contributed by atoms with E-state index in [9.17, 15) is 18.0 Å². The van der Waals surface area contributed by atoms with Gasteiger partial charge in [0.05, 0.1) is 13.2 Å². The van der Waals surface area contributed by atoms with Crippen molar-refractivity contribution in [1.82, 2.24) is 0 Å². The fourth-order valence-electron chi connectivity index (χ4n) is 1.56. The van der Waals surface area contributed by atoms with Crippen molar-refractivity contribution in [1.29, 1.82) is 0 Å². The van der Waals surface area contributed by atoms with Gasteiger partial charge in [-0.1, -0.05) is 0 Å². The van der Waals surface area contributed by atoms with Crippen LogP contribution in [0.15, 0.2) is 0 Å². The number of hydrogen-bond donors (Lipinski definition) is 0. The van der Waals surface area contributed by atoms with Gasteiger partial charge in [-0.2, -0.15) is 13.2 Å². The maximum Gasteiger partial charge on any atom is 0.411 e. The quantitative estimate of drug-likeness (QED) is 0.689. The first-order chi connectivity index (χ1) is 7.49. The van der Waals surface area contributed by atoms with Crippen molar-refractivity contribution in [2.24, 2.45) is 5.92 Å². The first-order valence-corrected chi connectivity index (χ1v) is 5.24. The monoisotopic (exact) mass is 240 g/mol. The summed E-state index contributed by atoms with van der Waals surface area (Å²) in [6.07, 6.45) is -2.70. The third-order valence-electron chi connectivity index (χ3n) is 2.37. The van der Waals surface area contributed by atoms with Crippen LogP contribution >= 0.6 is 0 Å². The second kappa shape index (κ2) is 6.20. The Balaban J connectivity index is 2.10. The van der Waals surface area contributed by atoms with Crippen molar-refractivity contribution in [3.8, 4) is 0 Å². The highest BCUT2D eigenvalue weighted by molar-refractivity contribution is 5.81. The second-order valence-corrected chi connectivity index (χ2v) is 3.80. The number of carbonyl (C=O) groups excluding carboxylic acids is 1. The highest BCUT2D eigenvalue weighted by Crippen LogP contribution is 2.17. The van der Waals surface area contributed by atoms with Crippen LogP contribution in [0.2, 0.25) is 0 Å². The highest BCUT2D eigenvalue weighted by Gasteiger charge is 2.28. The number of ketones is 1. The summed E-state index contributed by atoms with van der Waals surface area (Å²) in [7, 11) is 0. The molecule has 0 amide bonds. The molecule has 1 aliphatic heterocycles. The molecule has 0 spiro atoms. The van der Waals surface area contributed by atoms with Gasteiger partial charge in [0.1, 0.15) is 12.4 Å². The van der Waals surface area contributed by atoms with E-state index < -0.39 is 12.8 Å². The van der Waals surface area contributed by atoms with Crippen molar-refractivity contribution in [2.45, 2.75) is 25.4 Å². The topological polar surface area (TPSA) is 35.5 Å². The summed E-state index contributed by atoms with van der Waals surface area (Å²) in [6, 6.07) is 0. The molecule has 0 N–H and O–H groups in total. The molecule has 0 saturated carbocycles. The van der Waals surface area contributed by atoms with E-state index in [-0.39, 0.29) is 24.7 Å². The molecule has 6 heteroatoms. The van der Waals surface area contributed by atoms with Gasteiger partial charge in [-0.25, -0.2) is 0 Å². The summed E-state index contributed by atoms with van der Waals surface area (Å²) in [5, 5.41) is 0. The van der Waals surface area contributed by atoms with Crippen LogP contribution in [-0.2, 0) is 14.3 Å². The summed E-state index contributed by atoms with van der Waals surface area (Å²) in [6.45, 7) is -0.414. The van der Waals surface area contributed by atoms with Gasteiger partial charge < -0.3 is 9.47 Å². The smallest absolute Gasteiger partial charge is 0.381 e. The van der Waals surface area contributed by atoms with Crippen molar-refractivity contribution >= 4 is 5.78 Å². The predicted octanol–water partition coefficient (Wildman–Crippen LogP) is 1.95. The molecule has 0 aromatic rings. The third-order valence-corrected chi connectivity index (χ3v) is 2.37. The summed E-state index contributed by atoms with van der Waals surface area (Å²) in [5.74, 6) is -0.231. The number of halogens is 3. The summed E-state index contributed by atoms with van der Waals surface area (Å²) in [5.41, 5.74) is 0. The lowest BCUT2D eigenvalue weighted by Crippen LogP contribution is -2.26. The van der Waals surface area contributed by atoms with E-state index in [1.54, 1.807) is 0 Å². The molecule has 0 radical (unpaired) electrons. The van der Waals surface area contributed by atoms with E-state index in [0.29, 0.717) is 13.2 Å². The Kier molecular flexibility index (Phi) is 5.21. The molecule has 0 aliphatic carbocycles. The standard InChI is InChI=1S/C10H15F3O3/c11-10(12,13)7-16-5-3-9(14)8-2-1-4-15-6-8/h8H,1-7H2. The molecule has 1 atom stereocenters. The molecule has 3 nitrogen and oxygen atoms in total. The zero-order valence-corrected chi connectivity index (χ0v) is 8.89. The number of Topliss-reactive ketones (excluding diaryl/α,β-unsaturated/α-hetero) is 1. The zero-order chi connectivity index (χ0) is 12.0. The predicted molar refractivity (Wildman–Crippen MR) is 50.0 cm³/mol. The fraction of sp³-hybridized carbons (Fsp3) is 0.900. The molecule has 1 heterocycles. The summed E-state index contributed by atoms with van der Waals surface area (Å²) in [4.78, 5) is 11.5. The van der Waals surface area contributed by atoms with Gasteiger partial charge in [0.2, 0.25) is 0 Å². The van der Waals surface area contributed by atoms with Crippen LogP contribution in [0.4, 0.5) is 13.2 Å². The molecule has 1 saturated heterocycles. The van der Waals surface area contributed by atoms with Gasteiger partial charge in [-0.3, -0.25) is 4.79 Å². The van der Waals surface area contributed by atoms with Crippen LogP contribution in [-0.4, -0.2) is 38.4 Å². The van der Waals surface area contributed by atoms with Crippen LogP contribution in [0.5, 0.6) is 0 Å². The molecule has 0 aromatic carbocycles. The number of rotatable bonds is 5. The molecule has 94 valence electrons. The normalized spacial score (nSPS) is 22.1. The molecule has 1 unspecified atom stereocenters. The van der Waals surface area contributed by atoms with E-state index in [2.05, 4.69) is 4.74 Å². The lowest BCUT2D eigenvalue weighted by molar-refractivity contribution is -0.175. The van der Waals surface area contributed by atoms with E-state index >= 15 is 0 Å². The summed E-state index contributed by atoms with van der Waals surface area (Å²) < 4.78 is 44.6. The number of ether oxygens (including phenoxy) is 2. The Morgan fingerprint density at radius 2 is 2.19 bits per heavy atom. The first-order valence-electron chi connectivity index (χ1n) is 5.24. The van der Waals surface area contributed by atoms with Gasteiger partial charge in [-0.15, -0.1) is 0 Å². The molecule has 1 rings (SSSR count). The molecule has 0 aromatic heterocycles. The van der Waals surface area contributed by atoms with Crippen molar-refractivity contribution in [3.63, 3.8) is 0 Å². The Morgan fingerprint density at radius 1 is 1.44 bits per heavy atom. The Morgan fingerprint density at radius 3 is 2.75 bits per heavy atom. The van der Waals surface area contributed by atoms with E-state index in [0.717, 1.165) is 12.8 Å². The molecular formula is C10H15F3O3. The Labute approximate surface area is 91.9 Å². The van der Waals surface area contributed by atoms with Gasteiger partial charge in [0, 0.05) is 18.9 Å². The van der Waals surface area contributed by atoms with Crippen LogP contribution in [0.1, 0.15) is 19.3 Å². The Hall–Kier alpha value is -0.620. The van der Waals surface area contributed by atoms with Gasteiger partial charge in [0.15, 0.2) is 0 Å². The largest absolute Gasteiger partial charge is 0.411 e. The molecule has 1 fully saturated rings. The van der Waals surface area contributed by atoms with Gasteiger partial charge in [0.25, 0.3) is 0 Å². The van der Waals surface area contributed by atoms with Crippen LogP contribution in [0.3, 0.4) is 0 Å². The average molecular weight is 240 g/mol. The minimum atomic E-state index is -4.32. The minimum Gasteiger partial charge on any atom is -0.381 e. The number of hydrogen-bond acceptors (Lipinski definition) is 3. The molecular weight excluding hydrogens is 225 g/mol. The maximum absolute atomic E-state index is 11.7. The maximum atomic E-state index is 11.7. The van der Waals surface area contributed by atoms with E-state index in [1.807, 2.05) is 0 Å². The number of alkyl halides is 3. The minimum absolute atomic E-state index is 0.0319. The lowest BCUT2D eigenvalue weighted by atomic mass is 9.96. The summed E-state index contributed by atoms with van der Waals surface area (Å²) >= 11 is 0. The van der Waals surface area contributed by atoms with E-state index in [1.165, 1.54) is 0 Å². The highest BCUT2D eigenvalue weighted by atomic mass is 19.4.